The Morgan fingerprint density at radius 1 is 1.06 bits per heavy atom. The van der Waals surface area contributed by atoms with Crippen LogP contribution in [0, 0.1) is 0 Å². The number of hydrogen-bond acceptors (Lipinski definition) is 5. The minimum absolute atomic E-state index is 0.174. The number of fused-ring (bicyclic) bond motifs is 3. The van der Waals surface area contributed by atoms with Crippen molar-refractivity contribution in [3.8, 4) is 11.1 Å². The summed E-state index contributed by atoms with van der Waals surface area (Å²) >= 11 is 0. The minimum atomic E-state index is -4.83. The van der Waals surface area contributed by atoms with Crippen LogP contribution in [-0.2, 0) is 14.3 Å². The normalized spacial score (nSPS) is 20.2. The molecule has 1 heterocycles. The molecule has 8 nitrogen and oxygen atoms in total. The van der Waals surface area contributed by atoms with Crippen molar-refractivity contribution in [1.29, 1.82) is 0 Å². The quantitative estimate of drug-likeness (QED) is 0.571. The highest BCUT2D eigenvalue weighted by Crippen LogP contribution is 2.44. The van der Waals surface area contributed by atoms with Crippen molar-refractivity contribution in [2.45, 2.75) is 43.1 Å². The van der Waals surface area contributed by atoms with E-state index < -0.39 is 55.3 Å². The number of carbonyl (C=O) groups is 3. The van der Waals surface area contributed by atoms with Crippen molar-refractivity contribution in [1.82, 2.24) is 10.2 Å². The van der Waals surface area contributed by atoms with Crippen molar-refractivity contribution < 1.29 is 42.5 Å². The number of aliphatic carboxylic acids is 1. The Morgan fingerprint density at radius 3 is 2.17 bits per heavy atom. The molecule has 1 aliphatic carbocycles. The number of alkyl carbamates (subject to hydrolysis) is 1. The first-order chi connectivity index (χ1) is 16.5. The summed E-state index contributed by atoms with van der Waals surface area (Å²) in [7, 11) is 0. The molecule has 2 unspecified atom stereocenters. The number of likely N-dealkylation sites (tertiary alicyclic amines) is 1. The standard InChI is InChI=1S/C24H23F3N2O6/c25-24(26,27)10-19(21(31)29-11-13(30)9-20(29)22(32)33)28-23(34)35-12-18-16-7-3-1-5-14(16)15-6-2-4-8-17(15)18/h1-8,13,18-20,30H,9-12H2,(H,28,34)(H,32,33)/t13?,19?,20-/m0/s1. The first kappa shape index (κ1) is 24.5. The molecule has 0 spiro atoms. The summed E-state index contributed by atoms with van der Waals surface area (Å²) in [4.78, 5) is 37.3. The Kier molecular flexibility index (Phi) is 6.70. The van der Waals surface area contributed by atoms with Crippen LogP contribution in [0.2, 0.25) is 0 Å². The van der Waals surface area contributed by atoms with Gasteiger partial charge in [0, 0.05) is 18.9 Å². The van der Waals surface area contributed by atoms with Gasteiger partial charge in [0.2, 0.25) is 5.91 Å². The van der Waals surface area contributed by atoms with E-state index in [2.05, 4.69) is 0 Å². The topological polar surface area (TPSA) is 116 Å². The lowest BCUT2D eigenvalue weighted by atomic mass is 9.98. The first-order valence-electron chi connectivity index (χ1n) is 10.9. The highest BCUT2D eigenvalue weighted by atomic mass is 19.4. The van der Waals surface area contributed by atoms with Gasteiger partial charge in [0.25, 0.3) is 0 Å². The molecule has 3 atom stereocenters. The van der Waals surface area contributed by atoms with Crippen LogP contribution in [0.4, 0.5) is 18.0 Å². The number of nitrogens with zero attached hydrogens (tertiary/aromatic N) is 1. The number of β-amino-alcohol motifs (C(OH)–C–C–N with tert-alkyl or cyclic N) is 1. The van der Waals surface area contributed by atoms with Gasteiger partial charge in [-0.1, -0.05) is 48.5 Å². The molecule has 0 bridgehead atoms. The van der Waals surface area contributed by atoms with E-state index in [1.165, 1.54) is 0 Å². The van der Waals surface area contributed by atoms with Gasteiger partial charge in [-0.3, -0.25) is 4.79 Å². The zero-order valence-corrected chi connectivity index (χ0v) is 18.4. The highest BCUT2D eigenvalue weighted by molar-refractivity contribution is 5.90. The highest BCUT2D eigenvalue weighted by Gasteiger charge is 2.45. The second-order valence-corrected chi connectivity index (χ2v) is 8.58. The number of carboxylic acids is 1. The average molecular weight is 492 g/mol. The molecular formula is C24H23F3N2O6. The number of amides is 2. The van der Waals surface area contributed by atoms with Crippen LogP contribution >= 0.6 is 0 Å². The molecule has 1 aliphatic heterocycles. The minimum Gasteiger partial charge on any atom is -0.480 e. The lowest BCUT2D eigenvalue weighted by molar-refractivity contribution is -0.158. The lowest BCUT2D eigenvalue weighted by Gasteiger charge is -2.27. The predicted molar refractivity (Wildman–Crippen MR) is 116 cm³/mol. The Balaban J connectivity index is 1.47. The van der Waals surface area contributed by atoms with Crippen LogP contribution in [0.3, 0.4) is 0 Å². The largest absolute Gasteiger partial charge is 0.480 e. The Labute approximate surface area is 198 Å². The van der Waals surface area contributed by atoms with Crippen molar-refractivity contribution >= 4 is 18.0 Å². The summed E-state index contributed by atoms with van der Waals surface area (Å²) in [6.07, 6.45) is -9.28. The number of aliphatic hydroxyl groups excluding tert-OH is 1. The molecule has 0 aromatic heterocycles. The number of hydrogen-bond donors (Lipinski definition) is 3. The zero-order chi connectivity index (χ0) is 25.3. The molecule has 2 aromatic rings. The van der Waals surface area contributed by atoms with Gasteiger partial charge < -0.3 is 25.2 Å². The fourth-order valence-electron chi connectivity index (χ4n) is 4.71. The molecule has 2 aliphatic rings. The number of carbonyl (C=O) groups excluding carboxylic acids is 2. The first-order valence-corrected chi connectivity index (χ1v) is 10.9. The van der Waals surface area contributed by atoms with E-state index in [0.717, 1.165) is 22.3 Å². The molecule has 35 heavy (non-hydrogen) atoms. The van der Waals surface area contributed by atoms with E-state index in [-0.39, 0.29) is 18.9 Å². The summed E-state index contributed by atoms with van der Waals surface area (Å²) in [6, 6.07) is 11.4. The molecule has 0 radical (unpaired) electrons. The summed E-state index contributed by atoms with van der Waals surface area (Å²) in [5, 5.41) is 21.0. The van der Waals surface area contributed by atoms with E-state index in [0.29, 0.717) is 4.90 Å². The van der Waals surface area contributed by atoms with Crippen LogP contribution in [-0.4, -0.2) is 70.6 Å². The third-order valence-corrected chi connectivity index (χ3v) is 6.22. The summed E-state index contributed by atoms with van der Waals surface area (Å²) in [5.74, 6) is -3.04. The lowest BCUT2D eigenvalue weighted by Crippen LogP contribution is -2.53. The van der Waals surface area contributed by atoms with Crippen molar-refractivity contribution in [3.63, 3.8) is 0 Å². The number of benzene rings is 2. The fraction of sp³-hybridized carbons (Fsp3) is 0.375. The van der Waals surface area contributed by atoms with Crippen LogP contribution in [0.5, 0.6) is 0 Å². The van der Waals surface area contributed by atoms with E-state index >= 15 is 0 Å². The Bertz CT molecular complexity index is 1090. The van der Waals surface area contributed by atoms with E-state index in [4.69, 9.17) is 4.74 Å². The maximum absolute atomic E-state index is 13.2. The molecule has 3 N–H and O–H groups in total. The van der Waals surface area contributed by atoms with Crippen molar-refractivity contribution in [2.24, 2.45) is 0 Å². The van der Waals surface area contributed by atoms with Crippen LogP contribution in [0.25, 0.3) is 11.1 Å². The summed E-state index contributed by atoms with van der Waals surface area (Å²) < 4.78 is 44.7. The number of aliphatic hydroxyl groups is 1. The number of halogens is 3. The van der Waals surface area contributed by atoms with E-state index in [1.54, 1.807) is 0 Å². The Hall–Kier alpha value is -3.60. The number of ether oxygens (including phenoxy) is 1. The SMILES string of the molecule is O=C(NC(CC(F)(F)F)C(=O)N1CC(O)C[C@H]1C(=O)O)OCC1c2ccccc2-c2ccccc21. The second-order valence-electron chi connectivity index (χ2n) is 8.58. The third-order valence-electron chi connectivity index (χ3n) is 6.22. The smallest absolute Gasteiger partial charge is 0.407 e. The summed E-state index contributed by atoms with van der Waals surface area (Å²) in [6.45, 7) is -0.622. The van der Waals surface area contributed by atoms with Gasteiger partial charge in [-0.2, -0.15) is 13.2 Å². The molecule has 4 rings (SSSR count). The molecule has 2 aromatic carbocycles. The summed E-state index contributed by atoms with van der Waals surface area (Å²) in [5.41, 5.74) is 3.74. The van der Waals surface area contributed by atoms with Crippen LogP contribution in [0.1, 0.15) is 29.9 Å². The van der Waals surface area contributed by atoms with Gasteiger partial charge in [0.1, 0.15) is 18.7 Å². The number of nitrogens with one attached hydrogen (secondary N) is 1. The van der Waals surface area contributed by atoms with Crippen LogP contribution in [0.15, 0.2) is 48.5 Å². The maximum Gasteiger partial charge on any atom is 0.407 e. The third kappa shape index (κ3) is 5.24. The average Bonchev–Trinajstić information content (AvgIpc) is 3.34. The van der Waals surface area contributed by atoms with Gasteiger partial charge >= 0.3 is 18.2 Å². The van der Waals surface area contributed by atoms with Crippen molar-refractivity contribution in [3.05, 3.63) is 59.7 Å². The van der Waals surface area contributed by atoms with Gasteiger partial charge in [0.05, 0.1) is 12.5 Å². The maximum atomic E-state index is 13.2. The van der Waals surface area contributed by atoms with Crippen molar-refractivity contribution in [2.75, 3.05) is 13.2 Å². The van der Waals surface area contributed by atoms with Gasteiger partial charge in [-0.15, -0.1) is 0 Å². The monoisotopic (exact) mass is 492 g/mol. The molecule has 2 amide bonds. The number of carboxylic acid groups (broad SMARTS) is 1. The zero-order valence-electron chi connectivity index (χ0n) is 18.4. The molecule has 1 saturated heterocycles. The number of alkyl halides is 3. The molecule has 186 valence electrons. The molecule has 11 heteroatoms. The fourth-order valence-corrected chi connectivity index (χ4v) is 4.71. The molecule has 0 saturated carbocycles. The van der Waals surface area contributed by atoms with Gasteiger partial charge in [-0.05, 0) is 22.3 Å². The molecular weight excluding hydrogens is 469 g/mol. The second kappa shape index (κ2) is 9.57. The van der Waals surface area contributed by atoms with Crippen LogP contribution < -0.4 is 5.32 Å². The van der Waals surface area contributed by atoms with E-state index in [9.17, 15) is 37.8 Å². The van der Waals surface area contributed by atoms with Gasteiger partial charge in [0.15, 0.2) is 0 Å². The predicted octanol–water partition coefficient (Wildman–Crippen LogP) is 2.89. The molecule has 1 fully saturated rings. The number of rotatable bonds is 6. The Morgan fingerprint density at radius 2 is 1.63 bits per heavy atom. The van der Waals surface area contributed by atoms with Gasteiger partial charge in [-0.25, -0.2) is 9.59 Å². The van der Waals surface area contributed by atoms with E-state index in [1.807, 2.05) is 53.8 Å².